The van der Waals surface area contributed by atoms with E-state index >= 15 is 0 Å². The number of hydrogen-bond acceptors (Lipinski definition) is 3. The Hall–Kier alpha value is -0.180. The van der Waals surface area contributed by atoms with Gasteiger partial charge in [0.2, 0.25) is 5.91 Å². The minimum Gasteiger partial charge on any atom is -0.357 e. The predicted molar refractivity (Wildman–Crippen MR) is 107 cm³/mol. The fourth-order valence-corrected chi connectivity index (χ4v) is 3.46. The van der Waals surface area contributed by atoms with Gasteiger partial charge < -0.3 is 15.5 Å². The van der Waals surface area contributed by atoms with Crippen molar-refractivity contribution in [3.63, 3.8) is 0 Å². The molecular formula is C15H31IN4OS. The molecule has 7 heteroatoms. The average Bonchev–Trinajstić information content (AvgIpc) is 2.49. The number of nitrogens with one attached hydrogen (secondary N) is 2. The van der Waals surface area contributed by atoms with Gasteiger partial charge in [0.25, 0.3) is 0 Å². The van der Waals surface area contributed by atoms with E-state index in [1.807, 2.05) is 18.7 Å². The van der Waals surface area contributed by atoms with Gasteiger partial charge in [0.1, 0.15) is 6.54 Å². The molecule has 0 saturated carbocycles. The quantitative estimate of drug-likeness (QED) is 0.376. The van der Waals surface area contributed by atoms with Crippen LogP contribution in [0.5, 0.6) is 0 Å². The van der Waals surface area contributed by atoms with E-state index in [1.165, 1.54) is 0 Å². The lowest BCUT2D eigenvalue weighted by Gasteiger charge is -2.36. The van der Waals surface area contributed by atoms with Crippen molar-refractivity contribution in [2.45, 2.75) is 39.4 Å². The number of nitrogens with zero attached hydrogens (tertiary/aromatic N) is 2. The number of halogens is 1. The standard InChI is InChI=1S/C15H30N4OS.HI/c1-5-7-17-14(20)10-18-15(16-6-2)19-8-9-21-13(11-19)12(3)4;/h12-13H,5-11H2,1-4H3,(H,16,18)(H,17,20);1H. The van der Waals surface area contributed by atoms with Crippen molar-refractivity contribution in [1.82, 2.24) is 15.5 Å². The molecule has 1 rings (SSSR count). The first kappa shape index (κ1) is 21.8. The van der Waals surface area contributed by atoms with Gasteiger partial charge in [-0.15, -0.1) is 24.0 Å². The van der Waals surface area contributed by atoms with Crippen LogP contribution in [-0.4, -0.2) is 60.5 Å². The van der Waals surface area contributed by atoms with E-state index in [0.29, 0.717) is 11.2 Å². The minimum atomic E-state index is -0.000882. The zero-order valence-electron chi connectivity index (χ0n) is 14.2. The maximum absolute atomic E-state index is 11.7. The number of carbonyl (C=O) groups excluding carboxylic acids is 1. The van der Waals surface area contributed by atoms with Crippen molar-refractivity contribution in [1.29, 1.82) is 0 Å². The topological polar surface area (TPSA) is 56.7 Å². The molecule has 0 spiro atoms. The predicted octanol–water partition coefficient (Wildman–Crippen LogP) is 2.17. The molecule has 1 atom stereocenters. The van der Waals surface area contributed by atoms with Crippen LogP contribution in [0.1, 0.15) is 34.1 Å². The number of hydrogen-bond donors (Lipinski definition) is 2. The maximum atomic E-state index is 11.7. The van der Waals surface area contributed by atoms with Crippen LogP contribution in [0, 0.1) is 5.92 Å². The summed E-state index contributed by atoms with van der Waals surface area (Å²) in [6.45, 7) is 12.4. The van der Waals surface area contributed by atoms with Crippen molar-refractivity contribution in [3.8, 4) is 0 Å². The highest BCUT2D eigenvalue weighted by Gasteiger charge is 2.24. The molecule has 1 heterocycles. The van der Waals surface area contributed by atoms with Crippen LogP contribution in [0.25, 0.3) is 0 Å². The Morgan fingerprint density at radius 2 is 2.09 bits per heavy atom. The lowest BCUT2D eigenvalue weighted by molar-refractivity contribution is -0.119. The Morgan fingerprint density at radius 3 is 2.68 bits per heavy atom. The normalized spacial score (nSPS) is 18.9. The highest BCUT2D eigenvalue weighted by Crippen LogP contribution is 2.24. The first-order valence-corrected chi connectivity index (χ1v) is 9.04. The van der Waals surface area contributed by atoms with E-state index in [4.69, 9.17) is 0 Å². The second-order valence-electron chi connectivity index (χ2n) is 5.62. The second kappa shape index (κ2) is 12.3. The van der Waals surface area contributed by atoms with Gasteiger partial charge in [0.15, 0.2) is 5.96 Å². The molecule has 0 aromatic carbocycles. The number of carbonyl (C=O) groups is 1. The average molecular weight is 442 g/mol. The largest absolute Gasteiger partial charge is 0.357 e. The molecule has 130 valence electrons. The molecule has 22 heavy (non-hydrogen) atoms. The molecule has 5 nitrogen and oxygen atoms in total. The summed E-state index contributed by atoms with van der Waals surface area (Å²) in [4.78, 5) is 18.5. The lowest BCUT2D eigenvalue weighted by atomic mass is 10.1. The van der Waals surface area contributed by atoms with Crippen molar-refractivity contribution in [3.05, 3.63) is 0 Å². The van der Waals surface area contributed by atoms with Crippen LogP contribution in [0.3, 0.4) is 0 Å². The van der Waals surface area contributed by atoms with Gasteiger partial charge in [0, 0.05) is 37.2 Å². The van der Waals surface area contributed by atoms with Crippen LogP contribution < -0.4 is 10.6 Å². The van der Waals surface area contributed by atoms with Gasteiger partial charge in [-0.25, -0.2) is 4.99 Å². The van der Waals surface area contributed by atoms with Gasteiger partial charge in [0.05, 0.1) is 0 Å². The highest BCUT2D eigenvalue weighted by atomic mass is 127. The molecule has 1 unspecified atom stereocenters. The summed E-state index contributed by atoms with van der Waals surface area (Å²) in [5.74, 6) is 2.65. The number of amides is 1. The third-order valence-electron chi connectivity index (χ3n) is 3.42. The monoisotopic (exact) mass is 442 g/mol. The summed E-state index contributed by atoms with van der Waals surface area (Å²) in [5.41, 5.74) is 0. The van der Waals surface area contributed by atoms with E-state index in [9.17, 15) is 4.79 Å². The summed E-state index contributed by atoms with van der Waals surface area (Å²) < 4.78 is 0. The Kier molecular flexibility index (Phi) is 12.2. The molecular weight excluding hydrogens is 411 g/mol. The Balaban J connectivity index is 0.00000441. The third kappa shape index (κ3) is 7.89. The molecule has 1 aliphatic rings. The van der Waals surface area contributed by atoms with Crippen LogP contribution >= 0.6 is 35.7 Å². The van der Waals surface area contributed by atoms with Crippen LogP contribution in [-0.2, 0) is 4.79 Å². The number of aliphatic imine (C=N–C) groups is 1. The van der Waals surface area contributed by atoms with Gasteiger partial charge in [-0.05, 0) is 19.3 Å². The number of guanidine groups is 1. The summed E-state index contributed by atoms with van der Waals surface area (Å²) in [5, 5.41) is 6.81. The molecule has 0 bridgehead atoms. The molecule has 0 radical (unpaired) electrons. The van der Waals surface area contributed by atoms with Crippen molar-refractivity contribution in [2.24, 2.45) is 10.9 Å². The van der Waals surface area contributed by atoms with Crippen molar-refractivity contribution in [2.75, 3.05) is 38.5 Å². The summed E-state index contributed by atoms with van der Waals surface area (Å²) in [7, 11) is 0. The molecule has 0 aliphatic carbocycles. The molecule has 2 N–H and O–H groups in total. The van der Waals surface area contributed by atoms with Gasteiger partial charge in [-0.3, -0.25) is 4.79 Å². The van der Waals surface area contributed by atoms with Gasteiger partial charge in [-0.1, -0.05) is 20.8 Å². The van der Waals surface area contributed by atoms with E-state index in [1.54, 1.807) is 0 Å². The van der Waals surface area contributed by atoms with E-state index in [2.05, 4.69) is 41.3 Å². The number of thioether (sulfide) groups is 1. The first-order chi connectivity index (χ1) is 10.1. The Bertz CT molecular complexity index is 352. The smallest absolute Gasteiger partial charge is 0.241 e. The number of rotatable bonds is 6. The fraction of sp³-hybridized carbons (Fsp3) is 0.867. The Labute approximate surface area is 156 Å². The van der Waals surface area contributed by atoms with Gasteiger partial charge in [-0.2, -0.15) is 11.8 Å². The zero-order chi connectivity index (χ0) is 15.7. The second-order valence-corrected chi connectivity index (χ2v) is 6.97. The Morgan fingerprint density at radius 1 is 1.36 bits per heavy atom. The van der Waals surface area contributed by atoms with Crippen molar-refractivity contribution < 1.29 is 4.79 Å². The summed E-state index contributed by atoms with van der Waals surface area (Å²) >= 11 is 2.04. The van der Waals surface area contributed by atoms with Crippen LogP contribution in [0.15, 0.2) is 4.99 Å². The maximum Gasteiger partial charge on any atom is 0.241 e. The lowest BCUT2D eigenvalue weighted by Crippen LogP contribution is -2.49. The molecule has 0 aromatic rings. The van der Waals surface area contributed by atoms with E-state index in [-0.39, 0.29) is 36.4 Å². The molecule has 0 aromatic heterocycles. The van der Waals surface area contributed by atoms with Gasteiger partial charge >= 0.3 is 0 Å². The van der Waals surface area contributed by atoms with Crippen LogP contribution in [0.4, 0.5) is 0 Å². The van der Waals surface area contributed by atoms with E-state index in [0.717, 1.165) is 44.3 Å². The summed E-state index contributed by atoms with van der Waals surface area (Å²) in [6, 6.07) is 0. The SMILES string of the molecule is CCCNC(=O)CN=C(NCC)N1CCSC(C(C)C)C1.I. The molecule has 1 amide bonds. The molecule has 1 fully saturated rings. The van der Waals surface area contributed by atoms with Crippen molar-refractivity contribution >= 4 is 47.6 Å². The molecule has 1 saturated heterocycles. The van der Waals surface area contributed by atoms with E-state index < -0.39 is 0 Å². The summed E-state index contributed by atoms with van der Waals surface area (Å²) in [6.07, 6.45) is 0.953. The van der Waals surface area contributed by atoms with Crippen LogP contribution in [0.2, 0.25) is 0 Å². The first-order valence-electron chi connectivity index (χ1n) is 8.00. The third-order valence-corrected chi connectivity index (χ3v) is 4.96. The highest BCUT2D eigenvalue weighted by molar-refractivity contribution is 14.0. The fourth-order valence-electron chi connectivity index (χ4n) is 2.16. The minimum absolute atomic E-state index is 0. The molecule has 1 aliphatic heterocycles. The zero-order valence-corrected chi connectivity index (χ0v) is 17.4.